The van der Waals surface area contributed by atoms with Gasteiger partial charge in [0.25, 0.3) is 5.69 Å². The third kappa shape index (κ3) is 5.26. The second kappa shape index (κ2) is 8.99. The minimum atomic E-state index is -4.65. The summed E-state index contributed by atoms with van der Waals surface area (Å²) in [5.41, 5.74) is -0.554. The molecule has 2 heterocycles. The topological polar surface area (TPSA) is 88.4 Å². The number of aryl methyl sites for hydroxylation is 1. The molecule has 0 aliphatic carbocycles. The van der Waals surface area contributed by atoms with Gasteiger partial charge in [0.05, 0.1) is 21.2 Å². The summed E-state index contributed by atoms with van der Waals surface area (Å²) in [6.07, 6.45) is -3.06. The number of aromatic nitrogens is 1. The van der Waals surface area contributed by atoms with Crippen molar-refractivity contribution in [3.63, 3.8) is 0 Å². The van der Waals surface area contributed by atoms with Crippen LogP contribution < -0.4 is 10.2 Å². The third-order valence-electron chi connectivity index (χ3n) is 5.05. The van der Waals surface area contributed by atoms with Gasteiger partial charge in [0.15, 0.2) is 0 Å². The van der Waals surface area contributed by atoms with Gasteiger partial charge in [0, 0.05) is 43.4 Å². The summed E-state index contributed by atoms with van der Waals surface area (Å²) < 4.78 is 38.6. The van der Waals surface area contributed by atoms with Crippen LogP contribution >= 0.6 is 11.3 Å². The van der Waals surface area contributed by atoms with E-state index in [9.17, 15) is 28.1 Å². The molecule has 0 bridgehead atoms. The number of hydrogen-bond acceptors (Lipinski definition) is 6. The van der Waals surface area contributed by atoms with E-state index >= 15 is 0 Å². The number of carbonyl (C=O) groups excluding carboxylic acids is 1. The molecule has 1 aromatic carbocycles. The van der Waals surface area contributed by atoms with E-state index in [2.05, 4.69) is 10.3 Å². The smallest absolute Gasteiger partial charge is 0.366 e. The fourth-order valence-electron chi connectivity index (χ4n) is 3.48. The molecule has 30 heavy (non-hydrogen) atoms. The Morgan fingerprint density at radius 1 is 1.37 bits per heavy atom. The Labute approximate surface area is 175 Å². The van der Waals surface area contributed by atoms with E-state index in [-0.39, 0.29) is 17.5 Å². The average Bonchev–Trinajstić information content (AvgIpc) is 3.12. The predicted molar refractivity (Wildman–Crippen MR) is 107 cm³/mol. The first kappa shape index (κ1) is 22.0. The van der Waals surface area contributed by atoms with Crippen LogP contribution in [0.25, 0.3) is 0 Å². The van der Waals surface area contributed by atoms with Crippen LogP contribution in [0.5, 0.6) is 0 Å². The van der Waals surface area contributed by atoms with Crippen LogP contribution in [-0.2, 0) is 17.4 Å². The van der Waals surface area contributed by atoms with E-state index in [0.29, 0.717) is 45.0 Å². The van der Waals surface area contributed by atoms with Crippen LogP contribution in [0, 0.1) is 23.0 Å². The molecule has 1 aliphatic rings. The number of anilines is 1. The molecule has 0 saturated carbocycles. The molecule has 7 nitrogen and oxygen atoms in total. The van der Waals surface area contributed by atoms with E-state index in [1.807, 2.05) is 12.3 Å². The second-order valence-corrected chi connectivity index (χ2v) is 8.18. The molecular formula is C19H21F3N4O3S. The Balaban J connectivity index is 1.57. The number of piperidine rings is 1. The van der Waals surface area contributed by atoms with Crippen molar-refractivity contribution in [1.82, 2.24) is 10.3 Å². The Morgan fingerprint density at radius 2 is 2.07 bits per heavy atom. The molecule has 0 atom stereocenters. The molecule has 1 saturated heterocycles. The van der Waals surface area contributed by atoms with Crippen LogP contribution in [0.3, 0.4) is 0 Å². The van der Waals surface area contributed by atoms with Gasteiger partial charge >= 0.3 is 6.18 Å². The summed E-state index contributed by atoms with van der Waals surface area (Å²) in [5.74, 6) is -0.310. The largest absolute Gasteiger partial charge is 0.416 e. The number of benzene rings is 1. The minimum Gasteiger partial charge on any atom is -0.366 e. The highest BCUT2D eigenvalue weighted by Gasteiger charge is 2.34. The summed E-state index contributed by atoms with van der Waals surface area (Å²) in [4.78, 5) is 28.9. The van der Waals surface area contributed by atoms with E-state index in [0.717, 1.165) is 22.8 Å². The average molecular weight is 442 g/mol. The zero-order valence-electron chi connectivity index (χ0n) is 16.2. The van der Waals surface area contributed by atoms with E-state index in [1.54, 1.807) is 16.2 Å². The number of thiazole rings is 1. The maximum Gasteiger partial charge on any atom is 0.416 e. The van der Waals surface area contributed by atoms with Gasteiger partial charge in [-0.15, -0.1) is 11.3 Å². The van der Waals surface area contributed by atoms with Crippen LogP contribution in [0.2, 0.25) is 0 Å². The van der Waals surface area contributed by atoms with E-state index < -0.39 is 22.4 Å². The molecule has 0 spiro atoms. The van der Waals surface area contributed by atoms with Gasteiger partial charge in [-0.05, 0) is 31.9 Å². The standard InChI is InChI=1S/C19H21F3N4O3S/c1-12-24-15(11-30-12)4-7-23-18(27)13-5-8-25(9-6-13)16-3-2-14(19(20,21)22)10-17(16)26(28)29/h2-3,10-11,13H,4-9H2,1H3,(H,23,27). The number of nitro groups is 1. The number of alkyl halides is 3. The number of amides is 1. The highest BCUT2D eigenvalue weighted by molar-refractivity contribution is 7.09. The number of rotatable bonds is 6. The molecular weight excluding hydrogens is 421 g/mol. The normalized spacial score (nSPS) is 15.3. The van der Waals surface area contributed by atoms with Crippen molar-refractivity contribution < 1.29 is 22.9 Å². The van der Waals surface area contributed by atoms with E-state index in [1.165, 1.54) is 0 Å². The van der Waals surface area contributed by atoms with Gasteiger partial charge < -0.3 is 10.2 Å². The molecule has 2 aromatic rings. The Hall–Kier alpha value is -2.69. The lowest BCUT2D eigenvalue weighted by molar-refractivity contribution is -0.384. The van der Waals surface area contributed by atoms with Crippen molar-refractivity contribution in [3.8, 4) is 0 Å². The molecule has 11 heteroatoms. The molecule has 1 fully saturated rings. The fourth-order valence-corrected chi connectivity index (χ4v) is 4.12. The van der Waals surface area contributed by atoms with Gasteiger partial charge in [0.1, 0.15) is 5.69 Å². The lowest BCUT2D eigenvalue weighted by Crippen LogP contribution is -2.41. The highest BCUT2D eigenvalue weighted by Crippen LogP contribution is 2.37. The number of hydrogen-bond donors (Lipinski definition) is 1. The van der Waals surface area contributed by atoms with Crippen LogP contribution in [0.15, 0.2) is 23.6 Å². The molecule has 0 radical (unpaired) electrons. The summed E-state index contributed by atoms with van der Waals surface area (Å²) in [7, 11) is 0. The maximum absolute atomic E-state index is 12.9. The monoisotopic (exact) mass is 442 g/mol. The lowest BCUT2D eigenvalue weighted by Gasteiger charge is -2.32. The quantitative estimate of drug-likeness (QED) is 0.541. The van der Waals surface area contributed by atoms with Crippen molar-refractivity contribution >= 4 is 28.6 Å². The highest BCUT2D eigenvalue weighted by atomic mass is 32.1. The molecule has 1 aromatic heterocycles. The van der Waals surface area contributed by atoms with Crippen LogP contribution in [0.1, 0.15) is 29.1 Å². The summed E-state index contributed by atoms with van der Waals surface area (Å²) in [5, 5.41) is 17.1. The lowest BCUT2D eigenvalue weighted by atomic mass is 9.95. The first-order valence-corrected chi connectivity index (χ1v) is 10.3. The summed E-state index contributed by atoms with van der Waals surface area (Å²) in [6.45, 7) is 3.11. The third-order valence-corrected chi connectivity index (χ3v) is 5.88. The predicted octanol–water partition coefficient (Wildman–Crippen LogP) is 3.95. The summed E-state index contributed by atoms with van der Waals surface area (Å²) in [6, 6.07) is 2.55. The first-order valence-electron chi connectivity index (χ1n) is 9.44. The zero-order valence-corrected chi connectivity index (χ0v) is 17.1. The van der Waals surface area contributed by atoms with Gasteiger partial charge in [-0.2, -0.15) is 13.2 Å². The SMILES string of the molecule is Cc1nc(CCNC(=O)C2CCN(c3ccc(C(F)(F)F)cc3[N+](=O)[O-])CC2)cs1. The molecule has 162 valence electrons. The number of halogens is 3. The van der Waals surface area contributed by atoms with Gasteiger partial charge in [0.2, 0.25) is 5.91 Å². The van der Waals surface area contributed by atoms with Crippen molar-refractivity contribution in [3.05, 3.63) is 50.0 Å². The number of nitrogens with zero attached hydrogens (tertiary/aromatic N) is 3. The van der Waals surface area contributed by atoms with Gasteiger partial charge in [-0.3, -0.25) is 14.9 Å². The van der Waals surface area contributed by atoms with E-state index in [4.69, 9.17) is 0 Å². The fraction of sp³-hybridized carbons (Fsp3) is 0.474. The van der Waals surface area contributed by atoms with Gasteiger partial charge in [-0.1, -0.05) is 0 Å². The number of nitrogens with one attached hydrogen (secondary N) is 1. The van der Waals surface area contributed by atoms with Crippen LogP contribution in [-0.4, -0.2) is 35.4 Å². The Bertz CT molecular complexity index is 924. The minimum absolute atomic E-state index is 0.0801. The Kier molecular flexibility index (Phi) is 6.59. The first-order chi connectivity index (χ1) is 14.1. The summed E-state index contributed by atoms with van der Waals surface area (Å²) >= 11 is 1.56. The molecule has 1 aliphatic heterocycles. The second-order valence-electron chi connectivity index (χ2n) is 7.12. The Morgan fingerprint density at radius 3 is 2.63 bits per heavy atom. The molecule has 3 rings (SSSR count). The van der Waals surface area contributed by atoms with Crippen molar-refractivity contribution in [2.24, 2.45) is 5.92 Å². The molecule has 1 amide bonds. The zero-order chi connectivity index (χ0) is 21.9. The van der Waals surface area contributed by atoms with Crippen molar-refractivity contribution in [1.29, 1.82) is 0 Å². The number of nitro benzene ring substituents is 1. The number of carbonyl (C=O) groups is 1. The van der Waals surface area contributed by atoms with Crippen LogP contribution in [0.4, 0.5) is 24.5 Å². The maximum atomic E-state index is 12.9. The van der Waals surface area contributed by atoms with Crippen molar-refractivity contribution in [2.45, 2.75) is 32.4 Å². The molecule has 0 unspecified atom stereocenters. The molecule has 1 N–H and O–H groups in total. The van der Waals surface area contributed by atoms with Crippen molar-refractivity contribution in [2.75, 3.05) is 24.5 Å². The van der Waals surface area contributed by atoms with Gasteiger partial charge in [-0.25, -0.2) is 4.98 Å².